The van der Waals surface area contributed by atoms with Crippen LogP contribution >= 0.6 is 0 Å². The zero-order valence-electron chi connectivity index (χ0n) is 15.4. The number of nitrogens with zero attached hydrogens (tertiary/aromatic N) is 1. The van der Waals surface area contributed by atoms with Gasteiger partial charge in [0.1, 0.15) is 11.4 Å². The summed E-state index contributed by atoms with van der Waals surface area (Å²) in [5.74, 6) is -0.218. The summed E-state index contributed by atoms with van der Waals surface area (Å²) in [6.45, 7) is 0. The minimum Gasteiger partial charge on any atom is -0.497 e. The van der Waals surface area contributed by atoms with Crippen molar-refractivity contribution in [3.63, 3.8) is 0 Å². The lowest BCUT2D eigenvalue weighted by molar-refractivity contribution is 0.0602. The summed E-state index contributed by atoms with van der Waals surface area (Å²) in [5, 5.41) is 5.88. The monoisotopic (exact) mass is 377 g/mol. The third-order valence-corrected chi connectivity index (χ3v) is 3.94. The number of benzene rings is 2. The van der Waals surface area contributed by atoms with E-state index in [9.17, 15) is 9.59 Å². The molecule has 0 aliphatic carbocycles. The van der Waals surface area contributed by atoms with Crippen molar-refractivity contribution >= 4 is 28.9 Å². The van der Waals surface area contributed by atoms with Crippen LogP contribution in [-0.4, -0.2) is 31.1 Å². The van der Waals surface area contributed by atoms with Crippen molar-refractivity contribution < 1.29 is 19.1 Å². The highest BCUT2D eigenvalue weighted by Gasteiger charge is 2.15. The summed E-state index contributed by atoms with van der Waals surface area (Å²) in [4.78, 5) is 28.5. The lowest BCUT2D eigenvalue weighted by Crippen LogP contribution is -2.16. The Morgan fingerprint density at radius 1 is 0.929 bits per heavy atom. The molecule has 3 aromatic rings. The number of pyridine rings is 1. The Hall–Kier alpha value is -3.87. The highest BCUT2D eigenvalue weighted by Crippen LogP contribution is 2.21. The Morgan fingerprint density at radius 2 is 1.75 bits per heavy atom. The minimum absolute atomic E-state index is 0.218. The quantitative estimate of drug-likeness (QED) is 0.634. The van der Waals surface area contributed by atoms with Crippen LogP contribution in [0, 0.1) is 0 Å². The van der Waals surface area contributed by atoms with Crippen molar-refractivity contribution in [3.8, 4) is 5.75 Å². The molecule has 0 aliphatic rings. The Balaban J connectivity index is 1.71. The van der Waals surface area contributed by atoms with Crippen LogP contribution in [0.1, 0.15) is 20.8 Å². The van der Waals surface area contributed by atoms with Crippen LogP contribution in [0.4, 0.5) is 17.1 Å². The minimum atomic E-state index is -0.526. The lowest BCUT2D eigenvalue weighted by Gasteiger charge is -2.10. The molecule has 0 unspecified atom stereocenters. The van der Waals surface area contributed by atoms with Gasteiger partial charge in [-0.25, -0.2) is 9.78 Å². The van der Waals surface area contributed by atoms with Crippen LogP contribution in [-0.2, 0) is 4.74 Å². The van der Waals surface area contributed by atoms with Gasteiger partial charge in [-0.3, -0.25) is 4.79 Å². The number of para-hydroxylation sites is 1. The maximum Gasteiger partial charge on any atom is 0.339 e. The van der Waals surface area contributed by atoms with E-state index in [1.165, 1.54) is 7.11 Å². The number of nitrogens with one attached hydrogen (secondary N) is 2. The van der Waals surface area contributed by atoms with E-state index in [4.69, 9.17) is 9.47 Å². The van der Waals surface area contributed by atoms with Crippen LogP contribution in [0.3, 0.4) is 0 Å². The highest BCUT2D eigenvalue weighted by atomic mass is 16.5. The smallest absolute Gasteiger partial charge is 0.339 e. The highest BCUT2D eigenvalue weighted by molar-refractivity contribution is 6.07. The summed E-state index contributed by atoms with van der Waals surface area (Å²) in [6.07, 6.45) is 1.56. The molecular weight excluding hydrogens is 358 g/mol. The zero-order valence-corrected chi connectivity index (χ0v) is 15.4. The third kappa shape index (κ3) is 4.45. The number of anilines is 3. The summed E-state index contributed by atoms with van der Waals surface area (Å²) < 4.78 is 9.92. The molecule has 0 bridgehead atoms. The molecule has 0 saturated heterocycles. The van der Waals surface area contributed by atoms with E-state index < -0.39 is 11.9 Å². The second kappa shape index (κ2) is 8.68. The van der Waals surface area contributed by atoms with E-state index in [0.717, 1.165) is 17.1 Å². The van der Waals surface area contributed by atoms with Gasteiger partial charge in [-0.15, -0.1) is 0 Å². The topological polar surface area (TPSA) is 89.5 Å². The third-order valence-electron chi connectivity index (χ3n) is 3.94. The molecule has 0 radical (unpaired) electrons. The first-order valence-corrected chi connectivity index (χ1v) is 8.46. The van der Waals surface area contributed by atoms with Crippen LogP contribution in [0.15, 0.2) is 66.9 Å². The fourth-order valence-electron chi connectivity index (χ4n) is 2.54. The predicted octanol–water partition coefficient (Wildman–Crippen LogP) is 3.87. The van der Waals surface area contributed by atoms with Crippen LogP contribution in [0.5, 0.6) is 5.75 Å². The van der Waals surface area contributed by atoms with Crippen molar-refractivity contribution in [2.24, 2.45) is 0 Å². The fraction of sp³-hybridized carbons (Fsp3) is 0.0952. The number of carbonyl (C=O) groups is 2. The van der Waals surface area contributed by atoms with Crippen molar-refractivity contribution in [2.75, 3.05) is 24.9 Å². The van der Waals surface area contributed by atoms with Gasteiger partial charge in [0.15, 0.2) is 0 Å². The molecule has 0 atom stereocenters. The van der Waals surface area contributed by atoms with Gasteiger partial charge >= 0.3 is 5.97 Å². The second-order valence-corrected chi connectivity index (χ2v) is 5.78. The van der Waals surface area contributed by atoms with Crippen LogP contribution in [0.2, 0.25) is 0 Å². The molecule has 1 aromatic heterocycles. The normalized spacial score (nSPS) is 10.1. The molecule has 0 aliphatic heterocycles. The molecule has 142 valence electrons. The van der Waals surface area contributed by atoms with Crippen LogP contribution < -0.4 is 15.4 Å². The predicted molar refractivity (Wildman–Crippen MR) is 106 cm³/mol. The van der Waals surface area contributed by atoms with Gasteiger partial charge < -0.3 is 20.1 Å². The molecule has 7 nitrogen and oxygen atoms in total. The SMILES string of the molecule is COC(=O)c1ccccc1NC(=O)c1ccc(Nc2cccc(OC)c2)cn1. The number of methoxy groups -OCH3 is 2. The summed E-state index contributed by atoms with van der Waals surface area (Å²) in [5.41, 5.74) is 2.41. The first-order chi connectivity index (χ1) is 13.6. The molecule has 7 heteroatoms. The number of amides is 1. The van der Waals surface area contributed by atoms with E-state index >= 15 is 0 Å². The summed E-state index contributed by atoms with van der Waals surface area (Å²) in [7, 11) is 2.89. The number of hydrogen-bond donors (Lipinski definition) is 2. The van der Waals surface area contributed by atoms with E-state index in [1.54, 1.807) is 49.7 Å². The first-order valence-electron chi connectivity index (χ1n) is 8.46. The van der Waals surface area contributed by atoms with Crippen LogP contribution in [0.25, 0.3) is 0 Å². The Morgan fingerprint density at radius 3 is 2.46 bits per heavy atom. The fourth-order valence-corrected chi connectivity index (χ4v) is 2.54. The van der Waals surface area contributed by atoms with Crippen molar-refractivity contribution in [1.29, 1.82) is 0 Å². The van der Waals surface area contributed by atoms with Crippen molar-refractivity contribution in [2.45, 2.75) is 0 Å². The second-order valence-electron chi connectivity index (χ2n) is 5.78. The Kier molecular flexibility index (Phi) is 5.86. The Bertz CT molecular complexity index is 987. The molecule has 1 heterocycles. The average molecular weight is 377 g/mol. The van der Waals surface area contributed by atoms with Crippen molar-refractivity contribution in [3.05, 3.63) is 78.1 Å². The van der Waals surface area contributed by atoms with Gasteiger partial charge in [-0.2, -0.15) is 0 Å². The summed E-state index contributed by atoms with van der Waals surface area (Å²) in [6, 6.07) is 17.4. The molecule has 2 aromatic carbocycles. The number of ether oxygens (including phenoxy) is 2. The van der Waals surface area contributed by atoms with Gasteiger partial charge in [0.25, 0.3) is 5.91 Å². The molecule has 0 spiro atoms. The van der Waals surface area contributed by atoms with E-state index in [2.05, 4.69) is 15.6 Å². The first kappa shape index (κ1) is 18.9. The maximum absolute atomic E-state index is 12.5. The Labute approximate surface area is 162 Å². The van der Waals surface area contributed by atoms with Gasteiger partial charge in [0.2, 0.25) is 0 Å². The summed E-state index contributed by atoms with van der Waals surface area (Å²) >= 11 is 0. The largest absolute Gasteiger partial charge is 0.497 e. The molecular formula is C21H19N3O4. The number of aromatic nitrogens is 1. The van der Waals surface area contributed by atoms with Gasteiger partial charge in [-0.05, 0) is 36.4 Å². The average Bonchev–Trinajstić information content (AvgIpc) is 2.74. The number of rotatable bonds is 6. The number of carbonyl (C=O) groups excluding carboxylic acids is 2. The molecule has 28 heavy (non-hydrogen) atoms. The van der Waals surface area contributed by atoms with E-state index in [1.807, 2.05) is 24.3 Å². The maximum atomic E-state index is 12.5. The number of hydrogen-bond acceptors (Lipinski definition) is 6. The molecule has 0 saturated carbocycles. The van der Waals surface area contributed by atoms with E-state index in [-0.39, 0.29) is 11.3 Å². The molecule has 2 N–H and O–H groups in total. The van der Waals surface area contributed by atoms with Gasteiger partial charge in [0, 0.05) is 11.8 Å². The van der Waals surface area contributed by atoms with E-state index in [0.29, 0.717) is 5.69 Å². The van der Waals surface area contributed by atoms with Gasteiger partial charge in [-0.1, -0.05) is 18.2 Å². The standard InChI is InChI=1S/C21H19N3O4/c1-27-16-7-5-6-14(12-16)23-15-10-11-19(22-13-15)20(25)24-18-9-4-3-8-17(18)21(26)28-2/h3-13,23H,1-2H3,(H,24,25). The van der Waals surface area contributed by atoms with Crippen molar-refractivity contribution in [1.82, 2.24) is 4.98 Å². The molecule has 1 amide bonds. The zero-order chi connectivity index (χ0) is 19.9. The van der Waals surface area contributed by atoms with Gasteiger partial charge in [0.05, 0.1) is 37.4 Å². The number of esters is 1. The molecule has 3 rings (SSSR count). The molecule has 0 fully saturated rings. The lowest BCUT2D eigenvalue weighted by atomic mass is 10.1.